The van der Waals surface area contributed by atoms with Gasteiger partial charge in [0.25, 0.3) is 0 Å². The van der Waals surface area contributed by atoms with Gasteiger partial charge in [0, 0.05) is 12.8 Å². The number of nitrogens with one attached hydrogen (secondary N) is 1. The van der Waals surface area contributed by atoms with Crippen molar-refractivity contribution >= 4 is 11.9 Å². The van der Waals surface area contributed by atoms with E-state index in [4.69, 9.17) is 4.74 Å². The summed E-state index contributed by atoms with van der Waals surface area (Å²) in [6.07, 6.45) is 70.5. The highest BCUT2D eigenvalue weighted by Crippen LogP contribution is 2.17. The van der Waals surface area contributed by atoms with E-state index in [2.05, 4.69) is 43.5 Å². The SMILES string of the molecule is CCCCCCC/C=C\CCCCCCCC(=O)OCCCCCCCCCCCCCC/C=C\CCCCCCCCCCCCC(=O)NC(CO)C(O)CCCCCCCCCCCCC. The molecule has 0 aliphatic heterocycles. The summed E-state index contributed by atoms with van der Waals surface area (Å²) in [4.78, 5) is 24.5. The number of ether oxygens (including phenoxy) is 1. The van der Waals surface area contributed by atoms with E-state index < -0.39 is 12.1 Å². The van der Waals surface area contributed by atoms with E-state index in [1.54, 1.807) is 0 Å². The van der Waals surface area contributed by atoms with Gasteiger partial charge >= 0.3 is 5.97 Å². The van der Waals surface area contributed by atoms with Gasteiger partial charge in [0.15, 0.2) is 0 Å². The standard InChI is InChI=1S/C62H119NO5/c1-3-5-7-9-11-13-15-16-32-36-40-44-48-52-56-62(67)68-57-53-49-45-41-37-33-30-28-26-24-22-20-18-17-19-21-23-25-27-29-31-35-39-43-47-51-55-61(66)63-59(58-64)60(65)54-50-46-42-38-34-14-12-10-8-6-4-2/h15-17,19,59-60,64-65H,3-14,18,20-58H2,1-2H3,(H,63,66)/b16-15-,19-17-. The minimum absolute atomic E-state index is 0.00589. The van der Waals surface area contributed by atoms with E-state index in [-0.39, 0.29) is 18.5 Å². The van der Waals surface area contributed by atoms with E-state index in [0.717, 1.165) is 44.9 Å². The van der Waals surface area contributed by atoms with Crippen LogP contribution in [-0.2, 0) is 14.3 Å². The van der Waals surface area contributed by atoms with Crippen molar-refractivity contribution in [2.24, 2.45) is 0 Å². The van der Waals surface area contributed by atoms with E-state index in [1.807, 2.05) is 0 Å². The number of unbranched alkanes of at least 4 members (excludes halogenated alkanes) is 42. The molecule has 0 bridgehead atoms. The molecule has 402 valence electrons. The maximum atomic E-state index is 12.4. The smallest absolute Gasteiger partial charge is 0.305 e. The number of carbonyl (C=O) groups excluding carboxylic acids is 2. The summed E-state index contributed by atoms with van der Waals surface area (Å²) in [5, 5.41) is 23.2. The topological polar surface area (TPSA) is 95.9 Å². The maximum absolute atomic E-state index is 12.4. The lowest BCUT2D eigenvalue weighted by Crippen LogP contribution is -2.45. The van der Waals surface area contributed by atoms with Crippen LogP contribution in [0.2, 0.25) is 0 Å². The third-order valence-electron chi connectivity index (χ3n) is 14.2. The summed E-state index contributed by atoms with van der Waals surface area (Å²) in [6.45, 7) is 4.94. The second-order valence-electron chi connectivity index (χ2n) is 21.0. The van der Waals surface area contributed by atoms with E-state index in [1.165, 1.54) is 257 Å². The molecule has 0 aliphatic carbocycles. The fourth-order valence-corrected chi connectivity index (χ4v) is 9.51. The molecule has 68 heavy (non-hydrogen) atoms. The Morgan fingerprint density at radius 1 is 0.397 bits per heavy atom. The second-order valence-corrected chi connectivity index (χ2v) is 21.0. The van der Waals surface area contributed by atoms with E-state index >= 15 is 0 Å². The normalized spacial score (nSPS) is 12.7. The van der Waals surface area contributed by atoms with Gasteiger partial charge in [0.05, 0.1) is 25.4 Å². The Labute approximate surface area is 424 Å². The molecule has 0 spiro atoms. The molecular formula is C62H119NO5. The zero-order chi connectivity index (χ0) is 49.3. The quantitative estimate of drug-likeness (QED) is 0.0321. The number of aliphatic hydroxyl groups excluding tert-OH is 2. The van der Waals surface area contributed by atoms with Crippen LogP contribution in [0, 0.1) is 0 Å². The largest absolute Gasteiger partial charge is 0.466 e. The Morgan fingerprint density at radius 2 is 0.691 bits per heavy atom. The van der Waals surface area contributed by atoms with Crippen LogP contribution < -0.4 is 5.32 Å². The van der Waals surface area contributed by atoms with Crippen LogP contribution in [0.25, 0.3) is 0 Å². The average Bonchev–Trinajstić information content (AvgIpc) is 3.34. The number of amides is 1. The van der Waals surface area contributed by atoms with Gasteiger partial charge < -0.3 is 20.3 Å². The molecule has 0 radical (unpaired) electrons. The molecule has 2 atom stereocenters. The van der Waals surface area contributed by atoms with Crippen LogP contribution in [0.1, 0.15) is 335 Å². The van der Waals surface area contributed by atoms with Gasteiger partial charge in [0.1, 0.15) is 0 Å². The molecule has 6 heteroatoms. The molecule has 6 nitrogen and oxygen atoms in total. The number of esters is 1. The van der Waals surface area contributed by atoms with E-state index in [9.17, 15) is 19.8 Å². The number of rotatable bonds is 57. The van der Waals surface area contributed by atoms with Gasteiger partial charge in [-0.05, 0) is 77.0 Å². The number of hydrogen-bond donors (Lipinski definition) is 3. The number of hydrogen-bond acceptors (Lipinski definition) is 5. The molecule has 0 aromatic rings. The molecule has 0 aliphatic rings. The molecule has 0 aromatic heterocycles. The van der Waals surface area contributed by atoms with Crippen molar-refractivity contribution in [3.8, 4) is 0 Å². The monoisotopic (exact) mass is 958 g/mol. The van der Waals surface area contributed by atoms with Crippen LogP contribution in [0.3, 0.4) is 0 Å². The van der Waals surface area contributed by atoms with Gasteiger partial charge in [0.2, 0.25) is 5.91 Å². The number of allylic oxidation sites excluding steroid dienone is 4. The van der Waals surface area contributed by atoms with Crippen molar-refractivity contribution in [1.82, 2.24) is 5.32 Å². The molecule has 1 amide bonds. The highest BCUT2D eigenvalue weighted by atomic mass is 16.5. The molecule has 0 aromatic carbocycles. The highest BCUT2D eigenvalue weighted by Gasteiger charge is 2.20. The summed E-state index contributed by atoms with van der Waals surface area (Å²) < 4.78 is 5.48. The first-order valence-corrected chi connectivity index (χ1v) is 30.6. The molecule has 0 saturated heterocycles. The molecule has 0 heterocycles. The first-order chi connectivity index (χ1) is 33.5. The minimum Gasteiger partial charge on any atom is -0.466 e. The van der Waals surface area contributed by atoms with Crippen molar-refractivity contribution in [3.05, 3.63) is 24.3 Å². The fourth-order valence-electron chi connectivity index (χ4n) is 9.51. The Bertz CT molecular complexity index is 1060. The molecular weight excluding hydrogens is 839 g/mol. The summed E-state index contributed by atoms with van der Waals surface area (Å²) in [5.74, 6) is -0.0311. The summed E-state index contributed by atoms with van der Waals surface area (Å²) in [7, 11) is 0. The Hall–Kier alpha value is -1.66. The Kier molecular flexibility index (Phi) is 56.5. The zero-order valence-corrected chi connectivity index (χ0v) is 45.9. The van der Waals surface area contributed by atoms with Gasteiger partial charge in [-0.2, -0.15) is 0 Å². The van der Waals surface area contributed by atoms with Gasteiger partial charge in [-0.25, -0.2) is 0 Å². The lowest BCUT2D eigenvalue weighted by Gasteiger charge is -2.22. The number of carbonyl (C=O) groups is 2. The van der Waals surface area contributed by atoms with Crippen LogP contribution >= 0.6 is 0 Å². The predicted octanol–water partition coefficient (Wildman–Crippen LogP) is 19.0. The summed E-state index contributed by atoms with van der Waals surface area (Å²) in [6, 6.07) is -0.541. The van der Waals surface area contributed by atoms with Crippen LogP contribution in [-0.4, -0.2) is 47.4 Å². The van der Waals surface area contributed by atoms with Crippen molar-refractivity contribution < 1.29 is 24.5 Å². The van der Waals surface area contributed by atoms with Gasteiger partial charge in [-0.15, -0.1) is 0 Å². The summed E-state index contributed by atoms with van der Waals surface area (Å²) >= 11 is 0. The molecule has 0 saturated carbocycles. The molecule has 0 fully saturated rings. The second kappa shape index (κ2) is 57.9. The van der Waals surface area contributed by atoms with Crippen LogP contribution in [0.15, 0.2) is 24.3 Å². The first-order valence-electron chi connectivity index (χ1n) is 30.6. The molecule has 3 N–H and O–H groups in total. The third-order valence-corrected chi connectivity index (χ3v) is 14.2. The van der Waals surface area contributed by atoms with Crippen LogP contribution in [0.4, 0.5) is 0 Å². The molecule has 2 unspecified atom stereocenters. The Morgan fingerprint density at radius 3 is 1.04 bits per heavy atom. The van der Waals surface area contributed by atoms with Gasteiger partial charge in [-0.1, -0.05) is 269 Å². The highest BCUT2D eigenvalue weighted by molar-refractivity contribution is 5.76. The van der Waals surface area contributed by atoms with Gasteiger partial charge in [-0.3, -0.25) is 9.59 Å². The van der Waals surface area contributed by atoms with Crippen molar-refractivity contribution in [2.75, 3.05) is 13.2 Å². The lowest BCUT2D eigenvalue weighted by atomic mass is 10.0. The number of aliphatic hydroxyl groups is 2. The zero-order valence-electron chi connectivity index (χ0n) is 45.9. The Balaban J connectivity index is 3.37. The average molecular weight is 959 g/mol. The maximum Gasteiger partial charge on any atom is 0.305 e. The first kappa shape index (κ1) is 66.3. The van der Waals surface area contributed by atoms with E-state index in [0.29, 0.717) is 25.9 Å². The van der Waals surface area contributed by atoms with Crippen molar-refractivity contribution in [2.45, 2.75) is 347 Å². The lowest BCUT2D eigenvalue weighted by molar-refractivity contribution is -0.143. The third kappa shape index (κ3) is 53.7. The fraction of sp³-hybridized carbons (Fsp3) is 0.903. The molecule has 0 rings (SSSR count). The van der Waals surface area contributed by atoms with Crippen molar-refractivity contribution in [1.29, 1.82) is 0 Å². The van der Waals surface area contributed by atoms with Crippen molar-refractivity contribution in [3.63, 3.8) is 0 Å². The van der Waals surface area contributed by atoms with Crippen LogP contribution in [0.5, 0.6) is 0 Å². The summed E-state index contributed by atoms with van der Waals surface area (Å²) in [5.41, 5.74) is 0. The minimum atomic E-state index is -0.663. The predicted molar refractivity (Wildman–Crippen MR) is 296 cm³/mol.